The molecule has 3 rings (SSSR count). The van der Waals surface area contributed by atoms with E-state index >= 15 is 0 Å². The lowest BCUT2D eigenvalue weighted by atomic mass is 10.0. The quantitative estimate of drug-likeness (QED) is 0.686. The van der Waals surface area contributed by atoms with Crippen molar-refractivity contribution in [1.29, 1.82) is 0 Å². The van der Waals surface area contributed by atoms with Crippen LogP contribution in [0.2, 0.25) is 0 Å². The van der Waals surface area contributed by atoms with Crippen LogP contribution in [0.5, 0.6) is 0 Å². The van der Waals surface area contributed by atoms with E-state index in [1.54, 1.807) is 31.4 Å². The Morgan fingerprint density at radius 2 is 2.30 bits per heavy atom. The number of nitrogens with one attached hydrogen (secondary N) is 4. The predicted molar refractivity (Wildman–Crippen MR) is 87.6 cm³/mol. The molecule has 120 valence electrons. The van der Waals surface area contributed by atoms with Crippen LogP contribution in [0.25, 0.3) is 10.6 Å². The molecule has 0 fully saturated rings. The number of carbonyl (C=O) groups is 2. The number of H-pyrrole nitrogens is 1. The summed E-state index contributed by atoms with van der Waals surface area (Å²) in [6, 6.07) is 3.35. The molecule has 4 N–H and O–H groups in total. The average molecular weight is 331 g/mol. The van der Waals surface area contributed by atoms with E-state index in [0.29, 0.717) is 17.8 Å². The summed E-state index contributed by atoms with van der Waals surface area (Å²) in [6.07, 6.45) is 1.71. The molecule has 23 heavy (non-hydrogen) atoms. The van der Waals surface area contributed by atoms with Crippen molar-refractivity contribution in [2.24, 2.45) is 0 Å². The van der Waals surface area contributed by atoms with Gasteiger partial charge in [0.05, 0.1) is 28.4 Å². The largest absolute Gasteiger partial charge is 0.348 e. The first-order valence-corrected chi connectivity index (χ1v) is 8.07. The Bertz CT molecular complexity index is 763. The molecule has 2 aromatic heterocycles. The fourth-order valence-corrected chi connectivity index (χ4v) is 3.34. The van der Waals surface area contributed by atoms with Gasteiger partial charge in [0, 0.05) is 17.8 Å². The Kier molecular flexibility index (Phi) is 4.16. The molecular formula is C15H17N5O2S. The highest BCUT2D eigenvalue weighted by molar-refractivity contribution is 7.13. The number of hydrogen-bond acceptors (Lipinski definition) is 4. The van der Waals surface area contributed by atoms with Crippen molar-refractivity contribution in [2.75, 3.05) is 0 Å². The molecule has 1 atom stereocenters. The van der Waals surface area contributed by atoms with Crippen molar-refractivity contribution in [3.63, 3.8) is 0 Å². The van der Waals surface area contributed by atoms with Crippen molar-refractivity contribution < 1.29 is 9.59 Å². The summed E-state index contributed by atoms with van der Waals surface area (Å²) < 4.78 is 0. The number of urea groups is 1. The maximum Gasteiger partial charge on any atom is 0.319 e. The number of aromatic amines is 1. The number of hydrogen-bond donors (Lipinski definition) is 4. The summed E-state index contributed by atoms with van der Waals surface area (Å²) in [5.41, 5.74) is 2.93. The van der Waals surface area contributed by atoms with Crippen molar-refractivity contribution in [2.45, 2.75) is 26.4 Å². The fourth-order valence-electron chi connectivity index (χ4n) is 2.58. The minimum Gasteiger partial charge on any atom is -0.348 e. The maximum atomic E-state index is 12.4. The van der Waals surface area contributed by atoms with Crippen LogP contribution in [0.3, 0.4) is 0 Å². The van der Waals surface area contributed by atoms with Crippen LogP contribution in [0, 0.1) is 0 Å². The van der Waals surface area contributed by atoms with Gasteiger partial charge in [-0.25, -0.2) is 4.79 Å². The predicted octanol–water partition coefficient (Wildman–Crippen LogP) is 1.73. The molecule has 8 heteroatoms. The Balaban J connectivity index is 1.72. The first-order valence-electron chi connectivity index (χ1n) is 7.19. The van der Waals surface area contributed by atoms with E-state index in [9.17, 15) is 9.59 Å². The van der Waals surface area contributed by atoms with Gasteiger partial charge >= 0.3 is 6.03 Å². The first kappa shape index (κ1) is 15.3. The second-order valence-electron chi connectivity index (χ2n) is 5.29. The molecule has 0 aromatic carbocycles. The second-order valence-corrected chi connectivity index (χ2v) is 6.24. The molecule has 0 aliphatic carbocycles. The fraction of sp³-hybridized carbons (Fsp3) is 0.267. The zero-order valence-corrected chi connectivity index (χ0v) is 13.6. The van der Waals surface area contributed by atoms with E-state index in [1.807, 2.05) is 17.5 Å². The highest BCUT2D eigenvalue weighted by Gasteiger charge is 2.26. The number of allylic oxidation sites excluding steroid dienone is 1. The number of nitrogens with zero attached hydrogens (tertiary/aromatic N) is 1. The van der Waals surface area contributed by atoms with Gasteiger partial charge in [0.1, 0.15) is 0 Å². The second kappa shape index (κ2) is 6.25. The summed E-state index contributed by atoms with van der Waals surface area (Å²) >= 11 is 1.61. The van der Waals surface area contributed by atoms with E-state index in [1.165, 1.54) is 0 Å². The summed E-state index contributed by atoms with van der Waals surface area (Å²) in [5.74, 6) is -0.208. The molecule has 2 aromatic rings. The molecular weight excluding hydrogens is 314 g/mol. The monoisotopic (exact) mass is 331 g/mol. The summed E-state index contributed by atoms with van der Waals surface area (Å²) in [4.78, 5) is 24.9. The lowest BCUT2D eigenvalue weighted by molar-refractivity contribution is -0.118. The molecule has 1 aliphatic rings. The van der Waals surface area contributed by atoms with Crippen LogP contribution in [0.1, 0.15) is 19.4 Å². The van der Waals surface area contributed by atoms with Gasteiger partial charge in [-0.1, -0.05) is 6.07 Å². The summed E-state index contributed by atoms with van der Waals surface area (Å²) in [6.45, 7) is 3.87. The molecule has 7 nitrogen and oxygen atoms in total. The van der Waals surface area contributed by atoms with Crippen molar-refractivity contribution in [3.05, 3.63) is 40.5 Å². The van der Waals surface area contributed by atoms with Crippen LogP contribution in [0.4, 0.5) is 4.79 Å². The zero-order valence-electron chi connectivity index (χ0n) is 12.8. The third-order valence-electron chi connectivity index (χ3n) is 3.66. The van der Waals surface area contributed by atoms with E-state index in [2.05, 4.69) is 26.1 Å². The van der Waals surface area contributed by atoms with Crippen LogP contribution < -0.4 is 16.0 Å². The Morgan fingerprint density at radius 3 is 3.00 bits per heavy atom. The van der Waals surface area contributed by atoms with Crippen LogP contribution in [0.15, 0.2) is 35.0 Å². The SMILES string of the molecule is CC1=C(C(=O)NCc2cn[nH]c2-c2cccs2)[C@H](C)NC(=O)N1. The van der Waals surface area contributed by atoms with E-state index in [0.717, 1.165) is 16.1 Å². The molecule has 0 bridgehead atoms. The topological polar surface area (TPSA) is 98.9 Å². The Hall–Kier alpha value is -2.61. The minimum absolute atomic E-state index is 0.208. The van der Waals surface area contributed by atoms with Crippen LogP contribution >= 0.6 is 11.3 Å². The molecule has 0 saturated heterocycles. The van der Waals surface area contributed by atoms with Crippen LogP contribution in [-0.4, -0.2) is 28.2 Å². The van der Waals surface area contributed by atoms with Gasteiger partial charge in [0.2, 0.25) is 0 Å². The minimum atomic E-state index is -0.329. The standard InChI is InChI=1S/C15H17N5O2S/c1-8-12(9(2)19-15(22)18-8)14(21)16-6-10-7-17-20-13(10)11-4-3-5-23-11/h3-5,7-8H,6H2,1-2H3,(H,16,21)(H,17,20)(H2,18,19,22)/t8-/m0/s1. The number of carbonyl (C=O) groups excluding carboxylic acids is 2. The highest BCUT2D eigenvalue weighted by Crippen LogP contribution is 2.25. The van der Waals surface area contributed by atoms with E-state index in [4.69, 9.17) is 0 Å². The Morgan fingerprint density at radius 1 is 1.48 bits per heavy atom. The lowest BCUT2D eigenvalue weighted by Gasteiger charge is -2.25. The van der Waals surface area contributed by atoms with Gasteiger partial charge in [0.15, 0.2) is 0 Å². The van der Waals surface area contributed by atoms with Gasteiger partial charge in [-0.3, -0.25) is 9.89 Å². The van der Waals surface area contributed by atoms with Gasteiger partial charge < -0.3 is 16.0 Å². The van der Waals surface area contributed by atoms with Gasteiger partial charge in [0.25, 0.3) is 5.91 Å². The average Bonchev–Trinajstić information content (AvgIpc) is 3.15. The first-order chi connectivity index (χ1) is 11.1. The number of thiophene rings is 1. The van der Waals surface area contributed by atoms with Gasteiger partial charge in [-0.15, -0.1) is 11.3 Å². The van der Waals surface area contributed by atoms with E-state index in [-0.39, 0.29) is 18.0 Å². The molecule has 0 unspecified atom stereocenters. The third kappa shape index (κ3) is 3.11. The summed E-state index contributed by atoms with van der Waals surface area (Å²) in [5, 5.41) is 17.2. The third-order valence-corrected chi connectivity index (χ3v) is 4.54. The van der Waals surface area contributed by atoms with Crippen LogP contribution in [-0.2, 0) is 11.3 Å². The molecule has 0 saturated carbocycles. The molecule has 3 amide bonds. The highest BCUT2D eigenvalue weighted by atomic mass is 32.1. The lowest BCUT2D eigenvalue weighted by Crippen LogP contribution is -2.50. The molecule has 0 radical (unpaired) electrons. The molecule has 1 aliphatic heterocycles. The van der Waals surface area contributed by atoms with E-state index < -0.39 is 0 Å². The normalized spacial score (nSPS) is 17.7. The smallest absolute Gasteiger partial charge is 0.319 e. The van der Waals surface area contributed by atoms with Crippen molar-refractivity contribution >= 4 is 23.3 Å². The summed E-state index contributed by atoms with van der Waals surface area (Å²) in [7, 11) is 0. The Labute approximate surface area is 137 Å². The molecule has 3 heterocycles. The van der Waals surface area contributed by atoms with Crippen molar-refractivity contribution in [1.82, 2.24) is 26.1 Å². The number of aromatic nitrogens is 2. The number of amides is 3. The zero-order chi connectivity index (χ0) is 16.4. The van der Waals surface area contributed by atoms with Crippen molar-refractivity contribution in [3.8, 4) is 10.6 Å². The maximum absolute atomic E-state index is 12.4. The molecule has 0 spiro atoms. The number of rotatable bonds is 4. The van der Waals surface area contributed by atoms with Gasteiger partial charge in [-0.2, -0.15) is 5.10 Å². The van der Waals surface area contributed by atoms with Gasteiger partial charge in [-0.05, 0) is 25.3 Å².